The molecule has 0 heterocycles. The number of nitrogens with one attached hydrogen (secondary N) is 1. The zero-order chi connectivity index (χ0) is 20.7. The van der Waals surface area contributed by atoms with Crippen LogP contribution in [0, 0.1) is 0 Å². The Bertz CT molecular complexity index is 910. The summed E-state index contributed by atoms with van der Waals surface area (Å²) in [4.78, 5) is 12.4. The predicted molar refractivity (Wildman–Crippen MR) is 113 cm³/mol. The van der Waals surface area contributed by atoms with Gasteiger partial charge in [0.05, 0.1) is 18.0 Å². The lowest BCUT2D eigenvalue weighted by atomic mass is 10.1. The lowest BCUT2D eigenvalue weighted by Gasteiger charge is -2.17. The molecule has 0 saturated heterocycles. The molecule has 0 aliphatic rings. The van der Waals surface area contributed by atoms with E-state index in [0.717, 1.165) is 34.7 Å². The molecule has 0 unspecified atom stereocenters. The minimum absolute atomic E-state index is 0.132. The topological polar surface area (TPSA) is 75.7 Å². The molecule has 0 radical (unpaired) electrons. The Morgan fingerprint density at radius 3 is 2.54 bits per heavy atom. The molecule has 1 amide bonds. The Morgan fingerprint density at radius 2 is 1.86 bits per heavy atom. The van der Waals surface area contributed by atoms with Crippen LogP contribution >= 0.6 is 0 Å². The van der Waals surface area contributed by atoms with E-state index < -0.39 is 10.0 Å². The van der Waals surface area contributed by atoms with E-state index >= 15 is 0 Å². The van der Waals surface area contributed by atoms with Crippen molar-refractivity contribution in [2.75, 3.05) is 24.2 Å². The first-order chi connectivity index (χ1) is 13.2. The Hall–Kier alpha value is -2.54. The van der Waals surface area contributed by atoms with Gasteiger partial charge in [-0.3, -0.25) is 9.10 Å². The average Bonchev–Trinajstić information content (AvgIpc) is 2.63. The van der Waals surface area contributed by atoms with Gasteiger partial charge in [-0.1, -0.05) is 18.2 Å². The van der Waals surface area contributed by atoms with Crippen molar-refractivity contribution in [3.63, 3.8) is 0 Å². The first kappa shape index (κ1) is 21.8. The van der Waals surface area contributed by atoms with Crippen LogP contribution in [0.25, 0.3) is 0 Å². The van der Waals surface area contributed by atoms with Crippen LogP contribution in [-0.4, -0.2) is 40.3 Å². The van der Waals surface area contributed by atoms with E-state index in [9.17, 15) is 13.2 Å². The summed E-state index contributed by atoms with van der Waals surface area (Å²) in [6.07, 6.45) is 2.87. The summed E-state index contributed by atoms with van der Waals surface area (Å²) in [6.45, 7) is 4.51. The molecular formula is C21H28N2O4S. The molecule has 0 atom stereocenters. The van der Waals surface area contributed by atoms with E-state index in [4.69, 9.17) is 4.74 Å². The molecule has 2 aromatic carbocycles. The third-order valence-electron chi connectivity index (χ3n) is 4.17. The lowest BCUT2D eigenvalue weighted by molar-refractivity contribution is 0.0953. The largest absolute Gasteiger partial charge is 0.491 e. The molecule has 0 bridgehead atoms. The molecule has 0 aliphatic carbocycles. The third kappa shape index (κ3) is 6.56. The van der Waals surface area contributed by atoms with Crippen LogP contribution in [0.1, 0.15) is 36.2 Å². The number of rotatable bonds is 9. The van der Waals surface area contributed by atoms with Gasteiger partial charge < -0.3 is 10.1 Å². The Balaban J connectivity index is 1.88. The van der Waals surface area contributed by atoms with Gasteiger partial charge in [0.2, 0.25) is 10.0 Å². The maximum Gasteiger partial charge on any atom is 0.251 e. The minimum atomic E-state index is -3.37. The van der Waals surface area contributed by atoms with E-state index in [0.29, 0.717) is 17.8 Å². The number of amides is 1. The van der Waals surface area contributed by atoms with Crippen molar-refractivity contribution in [1.29, 1.82) is 0 Å². The van der Waals surface area contributed by atoms with Crippen LogP contribution in [-0.2, 0) is 16.4 Å². The van der Waals surface area contributed by atoms with Gasteiger partial charge in [-0.2, -0.15) is 0 Å². The number of anilines is 1. The predicted octanol–water partition coefficient (Wildman–Crippen LogP) is 3.23. The Kier molecular flexibility index (Phi) is 7.45. The summed E-state index contributed by atoms with van der Waals surface area (Å²) in [5.74, 6) is 0.629. The lowest BCUT2D eigenvalue weighted by Crippen LogP contribution is -2.27. The van der Waals surface area contributed by atoms with Crippen molar-refractivity contribution in [2.45, 2.75) is 32.8 Å². The number of aryl methyl sites for hydroxylation is 1. The first-order valence-electron chi connectivity index (χ1n) is 9.24. The maximum atomic E-state index is 12.4. The molecule has 0 aromatic heterocycles. The van der Waals surface area contributed by atoms with Crippen LogP contribution in [0.3, 0.4) is 0 Å². The zero-order valence-electron chi connectivity index (χ0n) is 16.8. The van der Waals surface area contributed by atoms with E-state index in [-0.39, 0.29) is 12.0 Å². The summed E-state index contributed by atoms with van der Waals surface area (Å²) in [6, 6.07) is 14.5. The van der Waals surface area contributed by atoms with Gasteiger partial charge >= 0.3 is 0 Å². The number of carbonyl (C=O) groups is 1. The molecule has 152 valence electrons. The highest BCUT2D eigenvalue weighted by atomic mass is 32.2. The highest BCUT2D eigenvalue weighted by molar-refractivity contribution is 7.92. The van der Waals surface area contributed by atoms with Gasteiger partial charge in [0, 0.05) is 19.2 Å². The number of ether oxygens (including phenoxy) is 1. The highest BCUT2D eigenvalue weighted by Crippen LogP contribution is 2.18. The number of benzene rings is 2. The summed E-state index contributed by atoms with van der Waals surface area (Å²) < 4.78 is 30.2. The fraction of sp³-hybridized carbons (Fsp3) is 0.381. The fourth-order valence-corrected chi connectivity index (χ4v) is 3.17. The standard InChI is InChI=1S/C21H28N2O4S/c1-16(2)27-20-12-5-8-17(14-20)9-7-13-22-21(24)18-10-6-11-19(15-18)23(3)28(4,25)26/h5-6,8,10-12,14-16H,7,9,13H2,1-4H3,(H,22,24). The number of sulfonamides is 1. The molecular weight excluding hydrogens is 376 g/mol. The van der Waals surface area contributed by atoms with Gasteiger partial charge in [0.15, 0.2) is 0 Å². The van der Waals surface area contributed by atoms with E-state index in [1.807, 2.05) is 38.1 Å². The summed E-state index contributed by atoms with van der Waals surface area (Å²) in [5, 5.41) is 2.88. The van der Waals surface area contributed by atoms with Gasteiger partial charge in [-0.25, -0.2) is 8.42 Å². The zero-order valence-corrected chi connectivity index (χ0v) is 17.6. The van der Waals surface area contributed by atoms with Gasteiger partial charge in [-0.15, -0.1) is 0 Å². The molecule has 0 saturated carbocycles. The molecule has 0 spiro atoms. The van der Waals surface area contributed by atoms with Crippen LogP contribution in [0.4, 0.5) is 5.69 Å². The molecule has 28 heavy (non-hydrogen) atoms. The van der Waals surface area contributed by atoms with Crippen LogP contribution in [0.5, 0.6) is 5.75 Å². The summed E-state index contributed by atoms with van der Waals surface area (Å²) in [7, 11) is -1.91. The van der Waals surface area contributed by atoms with Crippen molar-refractivity contribution in [3.05, 3.63) is 59.7 Å². The van der Waals surface area contributed by atoms with E-state index in [2.05, 4.69) is 5.32 Å². The number of hydrogen-bond acceptors (Lipinski definition) is 4. The summed E-state index contributed by atoms with van der Waals surface area (Å²) >= 11 is 0. The monoisotopic (exact) mass is 404 g/mol. The normalized spacial score (nSPS) is 11.3. The van der Waals surface area contributed by atoms with Crippen LogP contribution in [0.2, 0.25) is 0 Å². The Labute approximate surface area is 167 Å². The molecule has 7 heteroatoms. The number of hydrogen-bond donors (Lipinski definition) is 1. The molecule has 0 aliphatic heterocycles. The fourth-order valence-electron chi connectivity index (χ4n) is 2.68. The van der Waals surface area contributed by atoms with Crippen molar-refractivity contribution in [2.24, 2.45) is 0 Å². The number of carbonyl (C=O) groups excluding carboxylic acids is 1. The molecule has 2 aromatic rings. The molecule has 1 N–H and O–H groups in total. The second kappa shape index (κ2) is 9.59. The van der Waals surface area contributed by atoms with Crippen molar-refractivity contribution >= 4 is 21.6 Å². The van der Waals surface area contributed by atoms with E-state index in [1.165, 1.54) is 7.05 Å². The van der Waals surface area contributed by atoms with E-state index in [1.54, 1.807) is 24.3 Å². The van der Waals surface area contributed by atoms with Gasteiger partial charge in [0.1, 0.15) is 5.75 Å². The van der Waals surface area contributed by atoms with Crippen molar-refractivity contribution in [1.82, 2.24) is 5.32 Å². The minimum Gasteiger partial charge on any atom is -0.491 e. The van der Waals surface area contributed by atoms with Gasteiger partial charge in [-0.05, 0) is 62.6 Å². The second-order valence-electron chi connectivity index (χ2n) is 6.95. The molecule has 0 fully saturated rings. The highest BCUT2D eigenvalue weighted by Gasteiger charge is 2.14. The molecule has 2 rings (SSSR count). The van der Waals surface area contributed by atoms with Crippen molar-refractivity contribution < 1.29 is 17.9 Å². The third-order valence-corrected chi connectivity index (χ3v) is 5.37. The van der Waals surface area contributed by atoms with Crippen LogP contribution in [0.15, 0.2) is 48.5 Å². The van der Waals surface area contributed by atoms with Gasteiger partial charge in [0.25, 0.3) is 5.91 Å². The average molecular weight is 405 g/mol. The quantitative estimate of drug-likeness (QED) is 0.651. The summed E-state index contributed by atoms with van der Waals surface area (Å²) in [5.41, 5.74) is 2.04. The van der Waals surface area contributed by atoms with Crippen molar-refractivity contribution in [3.8, 4) is 5.75 Å². The smallest absolute Gasteiger partial charge is 0.251 e. The Morgan fingerprint density at radius 1 is 1.14 bits per heavy atom. The maximum absolute atomic E-state index is 12.4. The first-order valence-corrected chi connectivity index (χ1v) is 11.1. The molecule has 6 nitrogen and oxygen atoms in total. The number of nitrogens with zero attached hydrogens (tertiary/aromatic N) is 1. The SMILES string of the molecule is CC(C)Oc1cccc(CCCNC(=O)c2cccc(N(C)S(C)(=O)=O)c2)c1. The second-order valence-corrected chi connectivity index (χ2v) is 8.97. The van der Waals surface area contributed by atoms with Crippen LogP contribution < -0.4 is 14.4 Å².